The number of hydrogen-bond acceptors (Lipinski definition) is 4. The Morgan fingerprint density at radius 1 is 1.23 bits per heavy atom. The lowest BCUT2D eigenvalue weighted by molar-refractivity contribution is -0.122. The minimum absolute atomic E-state index is 0. The molecule has 1 amide bonds. The maximum Gasteiger partial charge on any atom is 0.220 e. The molecule has 0 aliphatic heterocycles. The van der Waals surface area contributed by atoms with E-state index in [1.807, 2.05) is 0 Å². The van der Waals surface area contributed by atoms with Crippen LogP contribution in [0.4, 0.5) is 4.39 Å². The molecule has 1 aromatic carbocycles. The van der Waals surface area contributed by atoms with Crippen LogP contribution in [-0.2, 0) is 11.2 Å². The van der Waals surface area contributed by atoms with Crippen molar-refractivity contribution in [2.45, 2.75) is 50.6 Å². The second-order valence-electron chi connectivity index (χ2n) is 6.28. The lowest BCUT2D eigenvalue weighted by Crippen LogP contribution is -2.40. The molecular formula is C18H24Cl2FN3O2. The Balaban J connectivity index is 0.00000169. The molecule has 3 N–H and O–H groups in total. The van der Waals surface area contributed by atoms with Crippen LogP contribution >= 0.6 is 24.8 Å². The quantitative estimate of drug-likeness (QED) is 0.797. The highest BCUT2D eigenvalue weighted by Gasteiger charge is 2.20. The van der Waals surface area contributed by atoms with Gasteiger partial charge in [-0.1, -0.05) is 12.1 Å². The van der Waals surface area contributed by atoms with Crippen molar-refractivity contribution in [3.63, 3.8) is 0 Å². The van der Waals surface area contributed by atoms with Gasteiger partial charge >= 0.3 is 0 Å². The lowest BCUT2D eigenvalue weighted by Gasteiger charge is -2.26. The molecule has 0 bridgehead atoms. The molecule has 1 aliphatic carbocycles. The number of carbonyl (C=O) groups excluding carboxylic acids is 1. The Kier molecular flexibility index (Phi) is 9.05. The normalized spacial score (nSPS) is 19.2. The average molecular weight is 404 g/mol. The maximum atomic E-state index is 13.7. The zero-order chi connectivity index (χ0) is 16.9. The molecule has 3 rings (SSSR count). The fourth-order valence-electron chi connectivity index (χ4n) is 3.00. The van der Waals surface area contributed by atoms with Crippen molar-refractivity contribution < 1.29 is 13.6 Å². The predicted molar refractivity (Wildman–Crippen MR) is 103 cm³/mol. The number of aryl methyl sites for hydroxylation is 1. The number of benzene rings is 1. The molecule has 0 atom stereocenters. The molecule has 144 valence electrons. The number of hydrogen-bond donors (Lipinski definition) is 2. The Bertz CT molecular complexity index is 703. The van der Waals surface area contributed by atoms with Crippen molar-refractivity contribution in [1.82, 2.24) is 10.3 Å². The van der Waals surface area contributed by atoms with Gasteiger partial charge in [0.25, 0.3) is 0 Å². The van der Waals surface area contributed by atoms with Gasteiger partial charge in [0, 0.05) is 24.9 Å². The van der Waals surface area contributed by atoms with E-state index in [0.29, 0.717) is 30.1 Å². The topological polar surface area (TPSA) is 81.1 Å². The van der Waals surface area contributed by atoms with E-state index in [2.05, 4.69) is 10.3 Å². The van der Waals surface area contributed by atoms with Gasteiger partial charge < -0.3 is 15.5 Å². The van der Waals surface area contributed by atoms with Crippen molar-refractivity contribution in [2.24, 2.45) is 5.73 Å². The number of amides is 1. The van der Waals surface area contributed by atoms with Crippen LogP contribution < -0.4 is 11.1 Å². The number of halogens is 3. The summed E-state index contributed by atoms with van der Waals surface area (Å²) >= 11 is 0. The Hall–Kier alpha value is -1.63. The number of nitrogens with one attached hydrogen (secondary N) is 1. The number of oxazole rings is 1. The molecule has 2 aromatic rings. The minimum Gasteiger partial charge on any atom is -0.441 e. The zero-order valence-electron chi connectivity index (χ0n) is 14.3. The van der Waals surface area contributed by atoms with Crippen molar-refractivity contribution in [1.29, 1.82) is 0 Å². The monoisotopic (exact) mass is 403 g/mol. The van der Waals surface area contributed by atoms with E-state index in [0.717, 1.165) is 25.7 Å². The van der Waals surface area contributed by atoms with Gasteiger partial charge in [-0.15, -0.1) is 24.8 Å². The van der Waals surface area contributed by atoms with Crippen LogP contribution in [0.25, 0.3) is 11.3 Å². The highest BCUT2D eigenvalue weighted by atomic mass is 35.5. The number of rotatable bonds is 5. The molecule has 1 heterocycles. The van der Waals surface area contributed by atoms with E-state index in [1.54, 1.807) is 18.2 Å². The summed E-state index contributed by atoms with van der Waals surface area (Å²) < 4.78 is 19.3. The first kappa shape index (κ1) is 22.4. The van der Waals surface area contributed by atoms with Gasteiger partial charge in [-0.05, 0) is 37.8 Å². The van der Waals surface area contributed by atoms with E-state index in [-0.39, 0.29) is 48.6 Å². The Morgan fingerprint density at radius 2 is 1.92 bits per heavy atom. The molecule has 1 aliphatic rings. The fourth-order valence-corrected chi connectivity index (χ4v) is 3.00. The average Bonchev–Trinajstić information content (AvgIpc) is 3.04. The second-order valence-corrected chi connectivity index (χ2v) is 6.28. The van der Waals surface area contributed by atoms with E-state index in [9.17, 15) is 9.18 Å². The second kappa shape index (κ2) is 10.5. The van der Waals surface area contributed by atoms with Gasteiger partial charge in [0.2, 0.25) is 5.91 Å². The smallest absolute Gasteiger partial charge is 0.220 e. The molecule has 1 fully saturated rings. The molecule has 0 unspecified atom stereocenters. The number of carbonyl (C=O) groups is 1. The molecule has 1 aromatic heterocycles. The number of aromatic nitrogens is 1. The van der Waals surface area contributed by atoms with Gasteiger partial charge in [0.15, 0.2) is 11.7 Å². The summed E-state index contributed by atoms with van der Waals surface area (Å²) in [7, 11) is 0. The third-order valence-electron chi connectivity index (χ3n) is 4.40. The van der Waals surface area contributed by atoms with Crippen LogP contribution in [0, 0.1) is 5.82 Å². The van der Waals surface area contributed by atoms with E-state index >= 15 is 0 Å². The summed E-state index contributed by atoms with van der Waals surface area (Å²) in [4.78, 5) is 16.2. The minimum atomic E-state index is -0.353. The first-order chi connectivity index (χ1) is 11.6. The maximum absolute atomic E-state index is 13.7. The molecular weight excluding hydrogens is 380 g/mol. The van der Waals surface area contributed by atoms with Crippen molar-refractivity contribution in [3.8, 4) is 11.3 Å². The summed E-state index contributed by atoms with van der Waals surface area (Å²) in [6.45, 7) is 0. The van der Waals surface area contributed by atoms with Gasteiger partial charge in [0.05, 0.1) is 11.8 Å². The van der Waals surface area contributed by atoms with Crippen LogP contribution in [0.3, 0.4) is 0 Å². The van der Waals surface area contributed by atoms with E-state index in [1.165, 1.54) is 12.3 Å². The molecule has 0 radical (unpaired) electrons. The highest BCUT2D eigenvalue weighted by molar-refractivity contribution is 5.85. The molecule has 26 heavy (non-hydrogen) atoms. The zero-order valence-corrected chi connectivity index (χ0v) is 16.0. The third kappa shape index (κ3) is 5.97. The van der Waals surface area contributed by atoms with Gasteiger partial charge in [-0.2, -0.15) is 0 Å². The van der Waals surface area contributed by atoms with Gasteiger partial charge in [-0.3, -0.25) is 4.79 Å². The third-order valence-corrected chi connectivity index (χ3v) is 4.40. The molecule has 8 heteroatoms. The van der Waals surface area contributed by atoms with Crippen LogP contribution in [0.1, 0.15) is 38.0 Å². The number of nitrogens with two attached hydrogens (primary N) is 1. The highest BCUT2D eigenvalue weighted by Crippen LogP contribution is 2.23. The van der Waals surface area contributed by atoms with Crippen LogP contribution in [0.5, 0.6) is 0 Å². The van der Waals surface area contributed by atoms with E-state index in [4.69, 9.17) is 10.2 Å². The van der Waals surface area contributed by atoms with Gasteiger partial charge in [-0.25, -0.2) is 9.37 Å². The first-order valence-corrected chi connectivity index (χ1v) is 8.36. The largest absolute Gasteiger partial charge is 0.441 e. The molecule has 1 saturated carbocycles. The summed E-state index contributed by atoms with van der Waals surface area (Å²) in [6.07, 6.45) is 5.97. The van der Waals surface area contributed by atoms with Crippen LogP contribution in [0.15, 0.2) is 34.9 Å². The Morgan fingerprint density at radius 3 is 2.62 bits per heavy atom. The number of nitrogens with zero attached hydrogens (tertiary/aromatic N) is 1. The van der Waals surface area contributed by atoms with Crippen molar-refractivity contribution in [2.75, 3.05) is 0 Å². The van der Waals surface area contributed by atoms with Gasteiger partial charge in [0.1, 0.15) is 5.82 Å². The predicted octanol–water partition coefficient (Wildman–Crippen LogP) is 3.64. The fraction of sp³-hybridized carbons (Fsp3) is 0.444. The summed E-state index contributed by atoms with van der Waals surface area (Å²) in [6, 6.07) is 6.86. The lowest BCUT2D eigenvalue weighted by atomic mass is 9.92. The first-order valence-electron chi connectivity index (χ1n) is 8.36. The standard InChI is InChI=1S/C18H22FN3O2.2ClH/c19-15-4-2-1-3-14(15)16-11-21-18(24-16)10-9-17(23)22-13-7-5-12(20)6-8-13;;/h1-4,11-13H,5-10,20H2,(H,22,23);2*1H. The van der Waals surface area contributed by atoms with Crippen molar-refractivity contribution >= 4 is 30.7 Å². The Labute approximate surface area is 164 Å². The van der Waals surface area contributed by atoms with Crippen LogP contribution in [-0.4, -0.2) is 23.0 Å². The van der Waals surface area contributed by atoms with Crippen molar-refractivity contribution in [3.05, 3.63) is 42.2 Å². The summed E-state index contributed by atoms with van der Waals surface area (Å²) in [5, 5.41) is 3.03. The SMILES string of the molecule is Cl.Cl.NC1CCC(NC(=O)CCc2ncc(-c3ccccc3F)o2)CC1. The van der Waals surface area contributed by atoms with E-state index < -0.39 is 0 Å². The molecule has 0 spiro atoms. The molecule has 0 saturated heterocycles. The summed E-state index contributed by atoms with van der Waals surface area (Å²) in [5.74, 6) is 0.452. The summed E-state index contributed by atoms with van der Waals surface area (Å²) in [5.41, 5.74) is 6.24. The van der Waals surface area contributed by atoms with Crippen LogP contribution in [0.2, 0.25) is 0 Å². The molecule has 5 nitrogen and oxygen atoms in total.